The summed E-state index contributed by atoms with van der Waals surface area (Å²) in [4.78, 5) is 25.6. The van der Waals surface area contributed by atoms with Gasteiger partial charge >= 0.3 is 11.7 Å². The van der Waals surface area contributed by atoms with Crippen LogP contribution in [0.1, 0.15) is 15.9 Å². The second-order valence-electron chi connectivity index (χ2n) is 3.95. The fourth-order valence-corrected chi connectivity index (χ4v) is 1.57. The Labute approximate surface area is 114 Å². The molecule has 0 aliphatic carbocycles. The van der Waals surface area contributed by atoms with Gasteiger partial charge in [-0.2, -0.15) is 0 Å². The molecule has 2 rings (SSSR count). The van der Waals surface area contributed by atoms with Gasteiger partial charge in [0.2, 0.25) is 0 Å². The lowest BCUT2D eigenvalue weighted by Crippen LogP contribution is -2.09. The van der Waals surface area contributed by atoms with Crippen LogP contribution in [0.5, 0.6) is 0 Å². The Hall–Kier alpha value is -2.96. The van der Waals surface area contributed by atoms with Gasteiger partial charge in [0.1, 0.15) is 24.2 Å². The van der Waals surface area contributed by atoms with Crippen LogP contribution in [-0.4, -0.2) is 15.9 Å². The fraction of sp³-hybridized carbons (Fsp3) is 0.0769. The van der Waals surface area contributed by atoms with E-state index in [1.807, 2.05) is 6.07 Å². The number of nitro groups is 1. The monoisotopic (exact) mass is 273 g/mol. The molecular formula is C13H11N3O4. The van der Waals surface area contributed by atoms with Crippen molar-refractivity contribution in [2.45, 2.75) is 6.61 Å². The van der Waals surface area contributed by atoms with Crippen LogP contribution < -0.4 is 5.73 Å². The van der Waals surface area contributed by atoms with E-state index in [0.717, 1.165) is 17.8 Å². The molecule has 0 bridgehead atoms. The summed E-state index contributed by atoms with van der Waals surface area (Å²) in [6.07, 6.45) is 0.939. The molecule has 2 N–H and O–H groups in total. The molecule has 1 heterocycles. The number of rotatable bonds is 4. The molecule has 0 fully saturated rings. The predicted molar refractivity (Wildman–Crippen MR) is 70.9 cm³/mol. The van der Waals surface area contributed by atoms with Crippen LogP contribution in [-0.2, 0) is 11.3 Å². The maximum absolute atomic E-state index is 11.9. The van der Waals surface area contributed by atoms with Crippen molar-refractivity contribution in [3.63, 3.8) is 0 Å². The van der Waals surface area contributed by atoms with Gasteiger partial charge in [-0.25, -0.2) is 9.78 Å². The smallest absolute Gasteiger partial charge is 0.345 e. The second kappa shape index (κ2) is 5.79. The normalized spacial score (nSPS) is 10.0. The summed E-state index contributed by atoms with van der Waals surface area (Å²) in [5.74, 6) is -0.795. The molecule has 102 valence electrons. The minimum Gasteiger partial charge on any atom is -0.457 e. The molecule has 0 saturated heterocycles. The van der Waals surface area contributed by atoms with Gasteiger partial charge in [0.25, 0.3) is 0 Å². The highest BCUT2D eigenvalue weighted by molar-refractivity contribution is 5.94. The maximum atomic E-state index is 11.9. The lowest BCUT2D eigenvalue weighted by Gasteiger charge is -2.05. The molecule has 20 heavy (non-hydrogen) atoms. The van der Waals surface area contributed by atoms with Gasteiger partial charge < -0.3 is 10.5 Å². The van der Waals surface area contributed by atoms with Crippen LogP contribution in [0, 0.1) is 10.1 Å². The molecule has 0 radical (unpaired) electrons. The number of anilines is 1. The number of nitrogens with zero attached hydrogens (tertiary/aromatic N) is 2. The number of ether oxygens (including phenoxy) is 1. The number of pyridine rings is 1. The van der Waals surface area contributed by atoms with Crippen LogP contribution >= 0.6 is 0 Å². The Bertz CT molecular complexity index is 643. The van der Waals surface area contributed by atoms with Crippen molar-refractivity contribution in [3.8, 4) is 0 Å². The Kier molecular flexibility index (Phi) is 3.90. The standard InChI is InChI=1S/C13H11N3O4/c14-12-6-10(11(7-15-12)16(18)19)13(17)20-8-9-4-2-1-3-5-9/h1-7H,8H2,(H2,14,15). The maximum Gasteiger partial charge on any atom is 0.345 e. The zero-order valence-electron chi connectivity index (χ0n) is 10.4. The first-order valence-electron chi connectivity index (χ1n) is 5.69. The van der Waals surface area contributed by atoms with E-state index in [-0.39, 0.29) is 18.0 Å². The van der Waals surface area contributed by atoms with E-state index in [4.69, 9.17) is 10.5 Å². The molecule has 1 aromatic carbocycles. The molecule has 0 spiro atoms. The van der Waals surface area contributed by atoms with Gasteiger partial charge in [0, 0.05) is 6.07 Å². The first kappa shape index (κ1) is 13.5. The van der Waals surface area contributed by atoms with Crippen LogP contribution in [0.2, 0.25) is 0 Å². The molecule has 0 saturated carbocycles. The molecule has 0 atom stereocenters. The lowest BCUT2D eigenvalue weighted by molar-refractivity contribution is -0.385. The highest BCUT2D eigenvalue weighted by atomic mass is 16.6. The summed E-state index contributed by atoms with van der Waals surface area (Å²) in [7, 11) is 0. The zero-order chi connectivity index (χ0) is 14.5. The highest BCUT2D eigenvalue weighted by Crippen LogP contribution is 2.20. The van der Waals surface area contributed by atoms with Gasteiger partial charge in [-0.15, -0.1) is 0 Å². The van der Waals surface area contributed by atoms with Gasteiger partial charge in [-0.05, 0) is 5.56 Å². The van der Waals surface area contributed by atoms with Crippen LogP contribution in [0.25, 0.3) is 0 Å². The Morgan fingerprint density at radius 1 is 1.35 bits per heavy atom. The summed E-state index contributed by atoms with van der Waals surface area (Å²) >= 11 is 0. The minimum atomic E-state index is -0.811. The number of aromatic nitrogens is 1. The van der Waals surface area contributed by atoms with Gasteiger partial charge in [-0.3, -0.25) is 10.1 Å². The van der Waals surface area contributed by atoms with Crippen LogP contribution in [0.4, 0.5) is 11.5 Å². The average molecular weight is 273 g/mol. The quantitative estimate of drug-likeness (QED) is 0.518. The van der Waals surface area contributed by atoms with E-state index in [9.17, 15) is 14.9 Å². The van der Waals surface area contributed by atoms with Gasteiger partial charge in [0.05, 0.1) is 4.92 Å². The van der Waals surface area contributed by atoms with Crippen LogP contribution in [0.3, 0.4) is 0 Å². The van der Waals surface area contributed by atoms with Crippen molar-refractivity contribution >= 4 is 17.5 Å². The average Bonchev–Trinajstić information content (AvgIpc) is 2.45. The van der Waals surface area contributed by atoms with Gasteiger partial charge in [-0.1, -0.05) is 30.3 Å². The van der Waals surface area contributed by atoms with E-state index in [0.29, 0.717) is 0 Å². The molecule has 7 nitrogen and oxygen atoms in total. The lowest BCUT2D eigenvalue weighted by atomic mass is 10.2. The topological polar surface area (TPSA) is 108 Å². The Morgan fingerprint density at radius 2 is 2.05 bits per heavy atom. The summed E-state index contributed by atoms with van der Waals surface area (Å²) in [5.41, 5.74) is 5.57. The Morgan fingerprint density at radius 3 is 2.70 bits per heavy atom. The minimum absolute atomic E-state index is 0.0160. The molecule has 7 heteroatoms. The molecule has 2 aromatic rings. The molecule has 1 aromatic heterocycles. The number of hydrogen-bond donors (Lipinski definition) is 1. The summed E-state index contributed by atoms with van der Waals surface area (Å²) in [6, 6.07) is 10.1. The molecule has 0 unspecified atom stereocenters. The summed E-state index contributed by atoms with van der Waals surface area (Å²) in [6.45, 7) is 0.0268. The fourth-order valence-electron chi connectivity index (χ4n) is 1.57. The summed E-state index contributed by atoms with van der Waals surface area (Å²) in [5, 5.41) is 10.8. The number of benzene rings is 1. The third-order valence-electron chi connectivity index (χ3n) is 2.53. The third kappa shape index (κ3) is 3.08. The first-order chi connectivity index (χ1) is 9.58. The second-order valence-corrected chi connectivity index (χ2v) is 3.95. The van der Waals surface area contributed by atoms with E-state index in [2.05, 4.69) is 4.98 Å². The van der Waals surface area contributed by atoms with E-state index >= 15 is 0 Å². The molecule has 0 aliphatic rings. The van der Waals surface area contributed by atoms with Crippen LogP contribution in [0.15, 0.2) is 42.6 Å². The van der Waals surface area contributed by atoms with E-state index in [1.165, 1.54) is 0 Å². The number of nitrogens with two attached hydrogens (primary N) is 1. The van der Waals surface area contributed by atoms with Crippen molar-refractivity contribution in [1.29, 1.82) is 0 Å². The highest BCUT2D eigenvalue weighted by Gasteiger charge is 2.22. The number of carbonyl (C=O) groups is 1. The molecule has 0 amide bonds. The van der Waals surface area contributed by atoms with Crippen molar-refractivity contribution in [3.05, 3.63) is 63.8 Å². The molecule has 0 aliphatic heterocycles. The van der Waals surface area contributed by atoms with Gasteiger partial charge in [0.15, 0.2) is 0 Å². The Balaban J connectivity index is 2.17. The first-order valence-corrected chi connectivity index (χ1v) is 5.69. The number of nitrogen functional groups attached to an aromatic ring is 1. The number of esters is 1. The predicted octanol–water partition coefficient (Wildman–Crippen LogP) is 1.93. The SMILES string of the molecule is Nc1cc(C(=O)OCc2ccccc2)c([N+](=O)[O-])cn1. The summed E-state index contributed by atoms with van der Waals surface area (Å²) < 4.78 is 5.03. The number of carbonyl (C=O) groups excluding carboxylic acids is 1. The third-order valence-corrected chi connectivity index (χ3v) is 2.53. The van der Waals surface area contributed by atoms with Crippen molar-refractivity contribution < 1.29 is 14.5 Å². The zero-order valence-corrected chi connectivity index (χ0v) is 10.4. The van der Waals surface area contributed by atoms with Crippen molar-refractivity contribution in [2.75, 3.05) is 5.73 Å². The van der Waals surface area contributed by atoms with Crippen molar-refractivity contribution in [2.24, 2.45) is 0 Å². The van der Waals surface area contributed by atoms with E-state index in [1.54, 1.807) is 24.3 Å². The largest absolute Gasteiger partial charge is 0.457 e. The van der Waals surface area contributed by atoms with E-state index < -0.39 is 16.6 Å². The molecular weight excluding hydrogens is 262 g/mol. The number of hydrogen-bond acceptors (Lipinski definition) is 6. The van der Waals surface area contributed by atoms with Crippen molar-refractivity contribution in [1.82, 2.24) is 4.98 Å².